The number of nitrogens with two attached hydrogens (primary N) is 1. The number of thioether (sulfide) groups is 1. The molecule has 1 heterocycles. The number of hydrogen-bond donors (Lipinski definition) is 1. The van der Waals surface area contributed by atoms with E-state index in [0.717, 1.165) is 23.8 Å². The molecule has 6 nitrogen and oxygen atoms in total. The van der Waals surface area contributed by atoms with Gasteiger partial charge in [-0.05, 0) is 50.5 Å². The standard InChI is InChI=1S/C23H26F2N4O2S/c1-15(31-3)22(30)29-23(12-7-13-27-16(2)26,17-8-5-4-6-9-17)32-21(28-29)19-14-18(24)10-11-20(19)25/h4-6,8-11,14-15H,7,12-13H2,1-3H3,(H2,26,27)/t15-,23?/m0/s1. The van der Waals surface area contributed by atoms with Gasteiger partial charge in [-0.15, -0.1) is 0 Å². The Hall–Kier alpha value is -2.78. The predicted octanol–water partition coefficient (Wildman–Crippen LogP) is 4.25. The van der Waals surface area contributed by atoms with Crippen LogP contribution in [-0.2, 0) is 14.4 Å². The first-order valence-electron chi connectivity index (χ1n) is 10.2. The topological polar surface area (TPSA) is 80.3 Å². The minimum atomic E-state index is -0.975. The zero-order valence-corrected chi connectivity index (χ0v) is 19.0. The van der Waals surface area contributed by atoms with Crippen molar-refractivity contribution in [3.8, 4) is 0 Å². The number of benzene rings is 2. The van der Waals surface area contributed by atoms with Crippen molar-refractivity contribution >= 4 is 28.5 Å². The third-order valence-electron chi connectivity index (χ3n) is 5.13. The Bertz CT molecular complexity index is 1030. The minimum Gasteiger partial charge on any atom is -0.388 e. The van der Waals surface area contributed by atoms with E-state index in [1.165, 1.54) is 23.9 Å². The third kappa shape index (κ3) is 4.99. The molecule has 0 saturated carbocycles. The molecule has 2 N–H and O–H groups in total. The summed E-state index contributed by atoms with van der Waals surface area (Å²) in [5.41, 5.74) is 6.47. The summed E-state index contributed by atoms with van der Waals surface area (Å²) in [6, 6.07) is 12.6. The number of hydrazone groups is 1. The number of carbonyl (C=O) groups is 1. The quantitative estimate of drug-likeness (QED) is 0.363. The number of amides is 1. The average molecular weight is 461 g/mol. The van der Waals surface area contributed by atoms with Crippen LogP contribution >= 0.6 is 11.8 Å². The molecule has 3 rings (SSSR count). The molecule has 2 aromatic rings. The number of aliphatic imine (C=N–C) groups is 1. The van der Waals surface area contributed by atoms with Crippen LogP contribution < -0.4 is 5.73 Å². The van der Waals surface area contributed by atoms with Crippen molar-refractivity contribution < 1.29 is 18.3 Å². The highest BCUT2D eigenvalue weighted by atomic mass is 32.2. The second-order valence-corrected chi connectivity index (χ2v) is 8.70. The fourth-order valence-electron chi connectivity index (χ4n) is 3.42. The van der Waals surface area contributed by atoms with Crippen LogP contribution in [0, 0.1) is 11.6 Å². The van der Waals surface area contributed by atoms with Crippen LogP contribution in [0.15, 0.2) is 58.6 Å². The van der Waals surface area contributed by atoms with Crippen molar-refractivity contribution in [2.24, 2.45) is 15.8 Å². The molecule has 0 aromatic heterocycles. The summed E-state index contributed by atoms with van der Waals surface area (Å²) in [5, 5.41) is 6.06. The van der Waals surface area contributed by atoms with Gasteiger partial charge in [-0.3, -0.25) is 9.79 Å². The van der Waals surface area contributed by atoms with Gasteiger partial charge in [-0.1, -0.05) is 42.1 Å². The Balaban J connectivity index is 2.10. The Morgan fingerprint density at radius 2 is 2.00 bits per heavy atom. The second kappa shape index (κ2) is 10.2. The molecular formula is C23H26F2N4O2S. The van der Waals surface area contributed by atoms with Crippen LogP contribution in [0.3, 0.4) is 0 Å². The van der Waals surface area contributed by atoms with Gasteiger partial charge >= 0.3 is 0 Å². The first kappa shape index (κ1) is 23.9. The molecule has 1 amide bonds. The van der Waals surface area contributed by atoms with E-state index in [1.807, 2.05) is 30.3 Å². The normalized spacial score (nSPS) is 19.7. The average Bonchev–Trinajstić information content (AvgIpc) is 3.18. The predicted molar refractivity (Wildman–Crippen MR) is 123 cm³/mol. The first-order chi connectivity index (χ1) is 15.3. The van der Waals surface area contributed by atoms with Crippen molar-refractivity contribution in [2.75, 3.05) is 13.7 Å². The first-order valence-corrected chi connectivity index (χ1v) is 11.0. The van der Waals surface area contributed by atoms with Gasteiger partial charge in [0.25, 0.3) is 5.91 Å². The van der Waals surface area contributed by atoms with Crippen LogP contribution in [0.4, 0.5) is 8.78 Å². The molecule has 2 atom stereocenters. The number of hydrogen-bond acceptors (Lipinski definition) is 5. The van der Waals surface area contributed by atoms with Crippen molar-refractivity contribution in [3.05, 3.63) is 71.3 Å². The van der Waals surface area contributed by atoms with E-state index in [0.29, 0.717) is 25.2 Å². The van der Waals surface area contributed by atoms with Crippen LogP contribution in [-0.4, -0.2) is 41.6 Å². The molecule has 0 bridgehead atoms. The van der Waals surface area contributed by atoms with Crippen LogP contribution in [0.2, 0.25) is 0 Å². The van der Waals surface area contributed by atoms with Crippen LogP contribution in [0.25, 0.3) is 0 Å². The highest BCUT2D eigenvalue weighted by Gasteiger charge is 2.49. The molecule has 0 spiro atoms. The highest BCUT2D eigenvalue weighted by Crippen LogP contribution is 2.50. The van der Waals surface area contributed by atoms with Crippen molar-refractivity contribution in [3.63, 3.8) is 0 Å². The summed E-state index contributed by atoms with van der Waals surface area (Å²) in [5.74, 6) is -1.11. The van der Waals surface area contributed by atoms with E-state index >= 15 is 0 Å². The molecule has 170 valence electrons. The van der Waals surface area contributed by atoms with Crippen molar-refractivity contribution in [1.29, 1.82) is 0 Å². The molecule has 1 aliphatic heterocycles. The lowest BCUT2D eigenvalue weighted by Gasteiger charge is -2.36. The number of rotatable bonds is 8. The van der Waals surface area contributed by atoms with Gasteiger partial charge in [0.15, 0.2) is 0 Å². The summed E-state index contributed by atoms with van der Waals surface area (Å²) < 4.78 is 33.8. The Kier molecular flexibility index (Phi) is 7.63. The zero-order chi connectivity index (χ0) is 23.3. The molecule has 32 heavy (non-hydrogen) atoms. The number of halogens is 2. The molecule has 0 aliphatic carbocycles. The fraction of sp³-hybridized carbons (Fsp3) is 0.348. The van der Waals surface area contributed by atoms with Crippen LogP contribution in [0.1, 0.15) is 37.8 Å². The lowest BCUT2D eigenvalue weighted by molar-refractivity contribution is -0.144. The Morgan fingerprint density at radius 1 is 1.28 bits per heavy atom. The van der Waals surface area contributed by atoms with Crippen molar-refractivity contribution in [2.45, 2.75) is 37.7 Å². The number of nitrogens with zero attached hydrogens (tertiary/aromatic N) is 3. The van der Waals surface area contributed by atoms with Gasteiger partial charge in [0.05, 0.1) is 5.84 Å². The largest absolute Gasteiger partial charge is 0.388 e. The summed E-state index contributed by atoms with van der Waals surface area (Å²) in [6.07, 6.45) is 0.282. The number of ether oxygens (including phenoxy) is 1. The third-order valence-corrected chi connectivity index (χ3v) is 6.57. The maximum atomic E-state index is 14.6. The Labute approximate surface area is 190 Å². The van der Waals surface area contributed by atoms with Gasteiger partial charge in [0.1, 0.15) is 27.7 Å². The Morgan fingerprint density at radius 3 is 2.66 bits per heavy atom. The lowest BCUT2D eigenvalue weighted by atomic mass is 9.99. The molecule has 0 fully saturated rings. The monoisotopic (exact) mass is 460 g/mol. The maximum Gasteiger partial charge on any atom is 0.273 e. The summed E-state index contributed by atoms with van der Waals surface area (Å²) >= 11 is 1.22. The van der Waals surface area contributed by atoms with Gasteiger partial charge in [-0.2, -0.15) is 5.10 Å². The number of carbonyl (C=O) groups excluding carboxylic acids is 1. The van der Waals surface area contributed by atoms with Gasteiger partial charge in [0, 0.05) is 19.2 Å². The molecule has 0 radical (unpaired) electrons. The van der Waals surface area contributed by atoms with Gasteiger partial charge < -0.3 is 10.5 Å². The highest BCUT2D eigenvalue weighted by molar-refractivity contribution is 8.15. The van der Waals surface area contributed by atoms with E-state index < -0.39 is 22.6 Å². The summed E-state index contributed by atoms with van der Waals surface area (Å²) in [7, 11) is 1.44. The van der Waals surface area contributed by atoms with Gasteiger partial charge in [0.2, 0.25) is 0 Å². The second-order valence-electron chi connectivity index (χ2n) is 7.44. The van der Waals surface area contributed by atoms with E-state index in [1.54, 1.807) is 13.8 Å². The molecule has 2 aromatic carbocycles. The van der Waals surface area contributed by atoms with Crippen molar-refractivity contribution in [1.82, 2.24) is 5.01 Å². The fourth-order valence-corrected chi connectivity index (χ4v) is 4.85. The van der Waals surface area contributed by atoms with E-state index in [4.69, 9.17) is 10.5 Å². The van der Waals surface area contributed by atoms with Gasteiger partial charge in [-0.25, -0.2) is 13.8 Å². The minimum absolute atomic E-state index is 0.00602. The zero-order valence-electron chi connectivity index (χ0n) is 18.2. The summed E-state index contributed by atoms with van der Waals surface area (Å²) in [4.78, 5) is 16.6. The number of amidine groups is 1. The summed E-state index contributed by atoms with van der Waals surface area (Å²) in [6.45, 7) is 3.80. The SMILES string of the molecule is CO[C@@H](C)C(=O)N1N=C(c2cc(F)ccc2F)SC1(CCCN=C(C)N)c1ccccc1. The smallest absolute Gasteiger partial charge is 0.273 e. The van der Waals surface area contributed by atoms with E-state index in [9.17, 15) is 13.6 Å². The van der Waals surface area contributed by atoms with E-state index in [2.05, 4.69) is 10.1 Å². The molecule has 1 unspecified atom stereocenters. The van der Waals surface area contributed by atoms with Crippen LogP contribution in [0.5, 0.6) is 0 Å². The van der Waals surface area contributed by atoms with E-state index in [-0.39, 0.29) is 16.5 Å². The molecule has 9 heteroatoms. The molecular weight excluding hydrogens is 434 g/mol. The number of methoxy groups -OCH3 is 1. The molecule has 1 aliphatic rings. The maximum absolute atomic E-state index is 14.6. The lowest BCUT2D eigenvalue weighted by Crippen LogP contribution is -2.45. The molecule has 0 saturated heterocycles.